The number of nitrogens with zero attached hydrogens (tertiary/aromatic N) is 1. The molecule has 0 spiro atoms. The molecule has 1 atom stereocenters. The van der Waals surface area contributed by atoms with Crippen molar-refractivity contribution in [3.8, 4) is 0 Å². The van der Waals surface area contributed by atoms with Gasteiger partial charge in [0.1, 0.15) is 25.3 Å². The van der Waals surface area contributed by atoms with E-state index < -0.39 is 0 Å². The molecule has 152 valence electrons. The Hall–Kier alpha value is -3.08. The molecule has 1 unspecified atom stereocenters. The van der Waals surface area contributed by atoms with E-state index in [2.05, 4.69) is 24.2 Å². The Balaban J connectivity index is 1.97. The number of hydrogen-bond donors (Lipinski definition) is 1. The van der Waals surface area contributed by atoms with Crippen LogP contribution in [0, 0.1) is 26.7 Å². The highest BCUT2D eigenvalue weighted by atomic mass is 16.6. The van der Waals surface area contributed by atoms with Crippen molar-refractivity contribution >= 4 is 17.2 Å². The summed E-state index contributed by atoms with van der Waals surface area (Å²) < 4.78 is 6.19. The van der Waals surface area contributed by atoms with Crippen molar-refractivity contribution in [2.45, 2.75) is 40.2 Å². The number of rotatable bonds is 7. The third kappa shape index (κ3) is 4.67. The van der Waals surface area contributed by atoms with E-state index >= 15 is 0 Å². The molecule has 0 bridgehead atoms. The second kappa shape index (κ2) is 8.95. The van der Waals surface area contributed by atoms with Crippen LogP contribution in [0.25, 0.3) is 5.57 Å². The topological polar surface area (TPSA) is 73.9 Å². The van der Waals surface area contributed by atoms with E-state index in [0.717, 1.165) is 28.0 Å². The molecular formula is C24H28N2O3. The molecule has 2 N–H and O–H groups in total. The number of hydrogen-bond acceptors (Lipinski definition) is 4. The Morgan fingerprint density at radius 2 is 1.79 bits per heavy atom. The van der Waals surface area contributed by atoms with Crippen LogP contribution in [-0.2, 0) is 21.0 Å². The molecule has 29 heavy (non-hydrogen) atoms. The molecule has 5 nitrogen and oxygen atoms in total. The van der Waals surface area contributed by atoms with Crippen molar-refractivity contribution < 1.29 is 14.4 Å². The molecule has 0 saturated carbocycles. The van der Waals surface area contributed by atoms with Gasteiger partial charge in [-0.1, -0.05) is 53.2 Å². The SMILES string of the molecule is CON=C(N)CC1CC(OCc2ccccc2)=C(c2c(C)cc(C)cc2C)C1=O. The average Bonchev–Trinajstić information content (AvgIpc) is 2.96. The van der Waals surface area contributed by atoms with Crippen LogP contribution in [0.3, 0.4) is 0 Å². The number of allylic oxidation sites excluding steroid dienone is 2. The summed E-state index contributed by atoms with van der Waals surface area (Å²) in [6, 6.07) is 14.2. The van der Waals surface area contributed by atoms with Crippen molar-refractivity contribution in [2.24, 2.45) is 16.8 Å². The lowest BCUT2D eigenvalue weighted by atomic mass is 9.90. The molecule has 0 aromatic heterocycles. The predicted molar refractivity (Wildman–Crippen MR) is 115 cm³/mol. The molecule has 0 heterocycles. The quantitative estimate of drug-likeness (QED) is 0.429. The van der Waals surface area contributed by atoms with E-state index in [1.165, 1.54) is 12.7 Å². The van der Waals surface area contributed by atoms with Gasteiger partial charge in [-0.15, -0.1) is 0 Å². The average molecular weight is 392 g/mol. The van der Waals surface area contributed by atoms with Gasteiger partial charge in [0.05, 0.1) is 5.57 Å². The van der Waals surface area contributed by atoms with Crippen LogP contribution in [0.5, 0.6) is 0 Å². The number of oxime groups is 1. The summed E-state index contributed by atoms with van der Waals surface area (Å²) in [5.74, 6) is 0.795. The number of ether oxygens (including phenoxy) is 1. The number of aryl methyl sites for hydroxylation is 3. The van der Waals surface area contributed by atoms with Gasteiger partial charge in [0.2, 0.25) is 0 Å². The Morgan fingerprint density at radius 3 is 2.41 bits per heavy atom. The van der Waals surface area contributed by atoms with Gasteiger partial charge in [0, 0.05) is 18.8 Å². The van der Waals surface area contributed by atoms with Gasteiger partial charge >= 0.3 is 0 Å². The van der Waals surface area contributed by atoms with E-state index in [4.69, 9.17) is 15.3 Å². The standard InChI is InChI=1S/C24H28N2O3/c1-15-10-16(2)22(17(3)11-15)23-20(29-14-18-8-6-5-7-9-18)12-19(24(23)27)13-21(25)26-28-4/h5-11,19H,12-14H2,1-4H3,(H2,25,26). The summed E-state index contributed by atoms with van der Waals surface area (Å²) in [4.78, 5) is 18.1. The monoisotopic (exact) mass is 392 g/mol. The smallest absolute Gasteiger partial charge is 0.170 e. The Morgan fingerprint density at radius 1 is 1.14 bits per heavy atom. The molecule has 5 heteroatoms. The number of carbonyl (C=O) groups is 1. The number of benzene rings is 2. The van der Waals surface area contributed by atoms with Gasteiger partial charge in [-0.2, -0.15) is 0 Å². The normalized spacial score (nSPS) is 17.0. The van der Waals surface area contributed by atoms with E-state index in [1.54, 1.807) is 0 Å². The van der Waals surface area contributed by atoms with E-state index in [1.807, 2.05) is 44.2 Å². The van der Waals surface area contributed by atoms with Crippen LogP contribution < -0.4 is 5.73 Å². The van der Waals surface area contributed by atoms with Crippen LogP contribution in [0.4, 0.5) is 0 Å². The van der Waals surface area contributed by atoms with Crippen LogP contribution in [0.1, 0.15) is 40.7 Å². The molecule has 0 amide bonds. The van der Waals surface area contributed by atoms with E-state index in [9.17, 15) is 4.79 Å². The fourth-order valence-electron chi connectivity index (χ4n) is 4.04. The zero-order valence-corrected chi connectivity index (χ0v) is 17.5. The number of carbonyl (C=O) groups excluding carboxylic acids is 1. The van der Waals surface area contributed by atoms with E-state index in [0.29, 0.717) is 30.9 Å². The number of Topliss-reactive ketones (excluding diaryl/α,β-unsaturated/α-hetero) is 1. The third-order valence-electron chi connectivity index (χ3n) is 5.17. The minimum Gasteiger partial charge on any atom is -0.492 e. The minimum absolute atomic E-state index is 0.0531. The number of ketones is 1. The lowest BCUT2D eigenvalue weighted by Crippen LogP contribution is -2.21. The molecule has 0 saturated heterocycles. The highest BCUT2D eigenvalue weighted by Gasteiger charge is 2.37. The molecule has 2 aromatic carbocycles. The summed E-state index contributed by atoms with van der Waals surface area (Å²) in [5.41, 5.74) is 11.9. The molecule has 2 aromatic rings. The van der Waals surface area contributed by atoms with Gasteiger partial charge in [0.25, 0.3) is 0 Å². The summed E-state index contributed by atoms with van der Waals surface area (Å²) in [5, 5.41) is 3.77. The Bertz CT molecular complexity index is 938. The Kier molecular flexibility index (Phi) is 6.37. The lowest BCUT2D eigenvalue weighted by molar-refractivity contribution is -0.116. The van der Waals surface area contributed by atoms with Crippen molar-refractivity contribution in [1.82, 2.24) is 0 Å². The second-order valence-electron chi connectivity index (χ2n) is 7.58. The first-order valence-corrected chi connectivity index (χ1v) is 9.78. The molecule has 0 fully saturated rings. The van der Waals surface area contributed by atoms with Crippen molar-refractivity contribution in [2.75, 3.05) is 7.11 Å². The predicted octanol–water partition coefficient (Wildman–Crippen LogP) is 4.44. The number of amidine groups is 1. The van der Waals surface area contributed by atoms with Crippen molar-refractivity contribution in [3.63, 3.8) is 0 Å². The highest BCUT2D eigenvalue weighted by molar-refractivity contribution is 6.25. The minimum atomic E-state index is -0.297. The first-order chi connectivity index (χ1) is 13.9. The van der Waals surface area contributed by atoms with Gasteiger partial charge in [-0.25, -0.2) is 0 Å². The summed E-state index contributed by atoms with van der Waals surface area (Å²) in [6.07, 6.45) is 0.853. The first-order valence-electron chi connectivity index (χ1n) is 9.78. The third-order valence-corrected chi connectivity index (χ3v) is 5.17. The van der Waals surface area contributed by atoms with Gasteiger partial charge in [0.15, 0.2) is 5.78 Å². The second-order valence-corrected chi connectivity index (χ2v) is 7.58. The molecule has 1 aliphatic carbocycles. The first kappa shape index (κ1) is 20.6. The Labute approximate surface area is 172 Å². The largest absolute Gasteiger partial charge is 0.492 e. The molecule has 3 rings (SSSR count). The van der Waals surface area contributed by atoms with E-state index in [-0.39, 0.29) is 11.7 Å². The molecule has 0 aliphatic heterocycles. The summed E-state index contributed by atoms with van der Waals surface area (Å²) in [6.45, 7) is 6.56. The van der Waals surface area contributed by atoms with Gasteiger partial charge in [-0.05, 0) is 43.0 Å². The fraction of sp³-hybridized carbons (Fsp3) is 0.333. The van der Waals surface area contributed by atoms with Crippen molar-refractivity contribution in [1.29, 1.82) is 0 Å². The van der Waals surface area contributed by atoms with Crippen LogP contribution in [0.15, 0.2) is 53.4 Å². The zero-order valence-electron chi connectivity index (χ0n) is 17.5. The van der Waals surface area contributed by atoms with Gasteiger partial charge in [-0.3, -0.25) is 4.79 Å². The molecule has 1 aliphatic rings. The van der Waals surface area contributed by atoms with Crippen LogP contribution in [0.2, 0.25) is 0 Å². The van der Waals surface area contributed by atoms with Gasteiger partial charge < -0.3 is 15.3 Å². The zero-order chi connectivity index (χ0) is 21.0. The number of nitrogens with two attached hydrogens (primary N) is 1. The van der Waals surface area contributed by atoms with Crippen LogP contribution in [-0.4, -0.2) is 18.7 Å². The fourth-order valence-corrected chi connectivity index (χ4v) is 4.04. The summed E-state index contributed by atoms with van der Waals surface area (Å²) in [7, 11) is 1.44. The van der Waals surface area contributed by atoms with Crippen LogP contribution >= 0.6 is 0 Å². The maximum atomic E-state index is 13.4. The highest BCUT2D eigenvalue weighted by Crippen LogP contribution is 2.40. The molecular weight excluding hydrogens is 364 g/mol. The van der Waals surface area contributed by atoms with Crippen molar-refractivity contribution in [3.05, 3.63) is 76.0 Å². The summed E-state index contributed by atoms with van der Waals surface area (Å²) >= 11 is 0. The maximum Gasteiger partial charge on any atom is 0.170 e. The molecule has 0 radical (unpaired) electrons. The maximum absolute atomic E-state index is 13.4. The lowest BCUT2D eigenvalue weighted by Gasteiger charge is -2.15.